The van der Waals surface area contributed by atoms with Crippen LogP contribution in [0, 0.1) is 11.8 Å². The number of rotatable bonds is 4. The van der Waals surface area contributed by atoms with E-state index >= 15 is 0 Å². The van der Waals surface area contributed by atoms with Gasteiger partial charge in [-0.05, 0) is 49.8 Å². The quantitative estimate of drug-likeness (QED) is 0.921. The number of carboxylic acid groups (broad SMARTS) is 1. The third-order valence-corrected chi connectivity index (χ3v) is 5.51. The molecule has 3 rings (SSSR count). The molecular weight excluding hydrogens is 306 g/mol. The Hall–Kier alpha value is -2.04. The highest BCUT2D eigenvalue weighted by molar-refractivity contribution is 5.80. The summed E-state index contributed by atoms with van der Waals surface area (Å²) in [5.41, 5.74) is 1.25. The molecule has 0 spiro atoms. The lowest BCUT2D eigenvalue weighted by Crippen LogP contribution is -2.36. The second-order valence-electron chi connectivity index (χ2n) is 6.93. The summed E-state index contributed by atoms with van der Waals surface area (Å²) in [5, 5.41) is 9.07. The van der Waals surface area contributed by atoms with Gasteiger partial charge in [0.25, 0.3) is 0 Å². The molecule has 0 radical (unpaired) electrons. The van der Waals surface area contributed by atoms with E-state index in [4.69, 9.17) is 9.84 Å². The van der Waals surface area contributed by atoms with E-state index in [0.29, 0.717) is 31.6 Å². The fourth-order valence-corrected chi connectivity index (χ4v) is 3.95. The van der Waals surface area contributed by atoms with E-state index < -0.39 is 5.97 Å². The van der Waals surface area contributed by atoms with Gasteiger partial charge in [-0.1, -0.05) is 12.1 Å². The third-order valence-electron chi connectivity index (χ3n) is 5.51. The molecule has 2 aliphatic rings. The number of carbonyl (C=O) groups is 2. The molecule has 1 atom stereocenters. The Bertz CT molecular complexity index is 590. The number of ether oxygens (including phenoxy) is 1. The standard InChI is InChI=1S/C19H25NO4/c1-24-17-8-6-13(7-9-17)16-10-11-20(12-16)18(21)14-2-4-15(5-3-14)19(22)23/h6-9,14-16H,2-5,10-12H2,1H3,(H,22,23). The summed E-state index contributed by atoms with van der Waals surface area (Å²) < 4.78 is 5.19. The van der Waals surface area contributed by atoms with Crippen molar-refractivity contribution in [2.24, 2.45) is 11.8 Å². The van der Waals surface area contributed by atoms with Crippen LogP contribution < -0.4 is 4.74 Å². The second-order valence-corrected chi connectivity index (χ2v) is 6.93. The molecule has 1 N–H and O–H groups in total. The SMILES string of the molecule is COc1ccc(C2CCN(C(=O)C3CCC(C(=O)O)CC3)C2)cc1. The molecule has 5 nitrogen and oxygen atoms in total. The highest BCUT2D eigenvalue weighted by atomic mass is 16.5. The molecule has 2 fully saturated rings. The molecule has 1 aliphatic heterocycles. The van der Waals surface area contributed by atoms with Crippen LogP contribution in [0.4, 0.5) is 0 Å². The van der Waals surface area contributed by atoms with Crippen molar-refractivity contribution in [3.05, 3.63) is 29.8 Å². The van der Waals surface area contributed by atoms with Gasteiger partial charge in [-0.3, -0.25) is 9.59 Å². The Morgan fingerprint density at radius 2 is 1.67 bits per heavy atom. The summed E-state index contributed by atoms with van der Waals surface area (Å²) in [6, 6.07) is 8.09. The van der Waals surface area contributed by atoms with Crippen molar-refractivity contribution in [3.63, 3.8) is 0 Å². The average molecular weight is 331 g/mol. The van der Waals surface area contributed by atoms with Crippen molar-refractivity contribution in [1.29, 1.82) is 0 Å². The van der Waals surface area contributed by atoms with Crippen LogP contribution in [0.15, 0.2) is 24.3 Å². The third kappa shape index (κ3) is 3.55. The van der Waals surface area contributed by atoms with Crippen LogP contribution in [0.25, 0.3) is 0 Å². The largest absolute Gasteiger partial charge is 0.497 e. The van der Waals surface area contributed by atoms with Crippen molar-refractivity contribution in [2.75, 3.05) is 20.2 Å². The molecule has 1 saturated carbocycles. The number of amides is 1. The minimum absolute atomic E-state index is 0.00946. The maximum absolute atomic E-state index is 12.7. The Kier molecular flexibility index (Phi) is 5.07. The Labute approximate surface area is 142 Å². The molecule has 1 aromatic carbocycles. The molecule has 1 saturated heterocycles. The fourth-order valence-electron chi connectivity index (χ4n) is 3.95. The van der Waals surface area contributed by atoms with Gasteiger partial charge in [0.05, 0.1) is 13.0 Å². The predicted molar refractivity (Wildman–Crippen MR) is 90.0 cm³/mol. The maximum atomic E-state index is 12.7. The number of nitrogens with zero attached hydrogens (tertiary/aromatic N) is 1. The van der Waals surface area contributed by atoms with Crippen molar-refractivity contribution >= 4 is 11.9 Å². The van der Waals surface area contributed by atoms with Gasteiger partial charge in [0, 0.05) is 24.9 Å². The van der Waals surface area contributed by atoms with Gasteiger partial charge in [-0.2, -0.15) is 0 Å². The molecule has 1 aliphatic carbocycles. The smallest absolute Gasteiger partial charge is 0.306 e. The number of methoxy groups -OCH3 is 1. The van der Waals surface area contributed by atoms with Crippen molar-refractivity contribution in [2.45, 2.75) is 38.0 Å². The van der Waals surface area contributed by atoms with Crippen molar-refractivity contribution < 1.29 is 19.4 Å². The normalized spacial score (nSPS) is 27.0. The first-order valence-corrected chi connectivity index (χ1v) is 8.74. The number of likely N-dealkylation sites (tertiary alicyclic amines) is 1. The van der Waals surface area contributed by atoms with E-state index in [9.17, 15) is 9.59 Å². The van der Waals surface area contributed by atoms with Crippen LogP contribution >= 0.6 is 0 Å². The first-order chi connectivity index (χ1) is 11.6. The zero-order valence-electron chi connectivity index (χ0n) is 14.1. The fraction of sp³-hybridized carbons (Fsp3) is 0.579. The summed E-state index contributed by atoms with van der Waals surface area (Å²) in [4.78, 5) is 25.7. The first kappa shape index (κ1) is 16.8. The molecule has 5 heteroatoms. The van der Waals surface area contributed by atoms with Crippen molar-refractivity contribution in [3.8, 4) is 5.75 Å². The van der Waals surface area contributed by atoms with Crippen LogP contribution in [-0.4, -0.2) is 42.1 Å². The highest BCUT2D eigenvalue weighted by Crippen LogP contribution is 2.34. The second kappa shape index (κ2) is 7.24. The average Bonchev–Trinajstić information content (AvgIpc) is 3.11. The minimum atomic E-state index is -0.721. The Morgan fingerprint density at radius 1 is 1.04 bits per heavy atom. The lowest BCUT2D eigenvalue weighted by Gasteiger charge is -2.29. The van der Waals surface area contributed by atoms with E-state index in [1.807, 2.05) is 17.0 Å². The summed E-state index contributed by atoms with van der Waals surface area (Å²) >= 11 is 0. The number of carboxylic acids is 1. The lowest BCUT2D eigenvalue weighted by molar-refractivity contribution is -0.145. The van der Waals surface area contributed by atoms with E-state index in [1.165, 1.54) is 5.56 Å². The number of benzene rings is 1. The number of aliphatic carboxylic acids is 1. The van der Waals surface area contributed by atoms with E-state index in [0.717, 1.165) is 25.3 Å². The number of carbonyl (C=O) groups excluding carboxylic acids is 1. The molecule has 1 amide bonds. The van der Waals surface area contributed by atoms with Crippen LogP contribution in [0.5, 0.6) is 5.75 Å². The Balaban J connectivity index is 1.55. The summed E-state index contributed by atoms with van der Waals surface area (Å²) in [6.07, 6.45) is 3.66. The topological polar surface area (TPSA) is 66.8 Å². The summed E-state index contributed by atoms with van der Waals surface area (Å²) in [6.45, 7) is 1.57. The van der Waals surface area contributed by atoms with E-state index in [-0.39, 0.29) is 17.7 Å². The summed E-state index contributed by atoms with van der Waals surface area (Å²) in [5.74, 6) is 0.474. The molecule has 0 aromatic heterocycles. The van der Waals surface area contributed by atoms with Gasteiger partial charge in [0.1, 0.15) is 5.75 Å². The molecule has 1 unspecified atom stereocenters. The zero-order chi connectivity index (χ0) is 17.1. The maximum Gasteiger partial charge on any atom is 0.306 e. The first-order valence-electron chi connectivity index (χ1n) is 8.74. The van der Waals surface area contributed by atoms with Crippen LogP contribution in [0.1, 0.15) is 43.6 Å². The van der Waals surface area contributed by atoms with E-state index in [1.54, 1.807) is 7.11 Å². The van der Waals surface area contributed by atoms with Gasteiger partial charge in [-0.25, -0.2) is 0 Å². The van der Waals surface area contributed by atoms with Crippen molar-refractivity contribution in [1.82, 2.24) is 4.90 Å². The van der Waals surface area contributed by atoms with Gasteiger partial charge >= 0.3 is 5.97 Å². The minimum Gasteiger partial charge on any atom is -0.497 e. The zero-order valence-corrected chi connectivity index (χ0v) is 14.1. The lowest BCUT2D eigenvalue weighted by atomic mass is 9.81. The number of hydrogen-bond acceptors (Lipinski definition) is 3. The molecule has 24 heavy (non-hydrogen) atoms. The predicted octanol–water partition coefficient (Wildman–Crippen LogP) is 2.90. The molecule has 0 bridgehead atoms. The molecule has 1 aromatic rings. The molecule has 130 valence electrons. The van der Waals surface area contributed by atoms with Gasteiger partial charge in [-0.15, -0.1) is 0 Å². The Morgan fingerprint density at radius 3 is 2.25 bits per heavy atom. The number of hydrogen-bond donors (Lipinski definition) is 1. The summed E-state index contributed by atoms with van der Waals surface area (Å²) in [7, 11) is 1.66. The van der Waals surface area contributed by atoms with E-state index in [2.05, 4.69) is 12.1 Å². The van der Waals surface area contributed by atoms with Gasteiger partial charge in [0.15, 0.2) is 0 Å². The van der Waals surface area contributed by atoms with Crippen LogP contribution in [0.3, 0.4) is 0 Å². The monoisotopic (exact) mass is 331 g/mol. The van der Waals surface area contributed by atoms with Crippen LogP contribution in [-0.2, 0) is 9.59 Å². The van der Waals surface area contributed by atoms with Gasteiger partial charge < -0.3 is 14.7 Å². The van der Waals surface area contributed by atoms with Gasteiger partial charge in [0.2, 0.25) is 5.91 Å². The van der Waals surface area contributed by atoms with Crippen LogP contribution in [0.2, 0.25) is 0 Å². The molecular formula is C19H25NO4. The highest BCUT2D eigenvalue weighted by Gasteiger charge is 2.35. The molecule has 1 heterocycles.